The zero-order chi connectivity index (χ0) is 35.6. The third-order valence-corrected chi connectivity index (χ3v) is 10.5. The Hall–Kier alpha value is -3.32. The molecule has 4 fully saturated rings. The van der Waals surface area contributed by atoms with Crippen LogP contribution in [0, 0.1) is 11.8 Å². The van der Waals surface area contributed by atoms with Gasteiger partial charge < -0.3 is 19.1 Å². The van der Waals surface area contributed by atoms with E-state index in [1.165, 1.54) is 36.4 Å². The van der Waals surface area contributed by atoms with Gasteiger partial charge in [0.1, 0.15) is 11.3 Å². The number of esters is 1. The maximum Gasteiger partial charge on any atom is 0.421 e. The van der Waals surface area contributed by atoms with Gasteiger partial charge in [0.15, 0.2) is 0 Å². The zero-order valence-corrected chi connectivity index (χ0v) is 28.7. The van der Waals surface area contributed by atoms with Gasteiger partial charge in [-0.3, -0.25) is 9.69 Å². The van der Waals surface area contributed by atoms with Crippen LogP contribution in [0.5, 0.6) is 11.6 Å². The molecule has 2 aromatic rings. The Bertz CT molecular complexity index is 1520. The number of pyridine rings is 1. The minimum atomic E-state index is -4.86. The standard InChI is InChI=1S/C37H46F5N3O5/c1-23-4-6-25(7-5-23)34(46)45(26-8-10-27(11-9-26)49-28-12-13-28)32-15-14-29(19-30(32)35(47)48-2)50-33-31(37(40,41)42)18-24(20-43-33)21-44-17-3-16-36(38,39)22-44/h14-15,18-20,23,25-28H,3-13,16-17,21-22H2,1-2H3. The van der Waals surface area contributed by atoms with Crippen molar-refractivity contribution < 1.29 is 45.8 Å². The molecule has 2 heterocycles. The summed E-state index contributed by atoms with van der Waals surface area (Å²) in [6.07, 6.45) is 5.19. The Balaban J connectivity index is 1.28. The van der Waals surface area contributed by atoms with Crippen molar-refractivity contribution >= 4 is 17.6 Å². The van der Waals surface area contributed by atoms with Crippen molar-refractivity contribution in [2.24, 2.45) is 11.8 Å². The van der Waals surface area contributed by atoms with Crippen molar-refractivity contribution in [1.29, 1.82) is 0 Å². The maximum atomic E-state index is 14.3. The first-order valence-electron chi connectivity index (χ1n) is 17.8. The van der Waals surface area contributed by atoms with Gasteiger partial charge in [-0.1, -0.05) is 6.92 Å². The molecule has 3 saturated carbocycles. The minimum absolute atomic E-state index is 0.00455. The SMILES string of the molecule is COC(=O)c1cc(Oc2ncc(CN3CCCC(F)(F)C3)cc2C(F)(F)F)ccc1N(C(=O)C1CCC(C)CC1)C1CCC(OC2CC2)CC1. The molecular weight excluding hydrogens is 661 g/mol. The van der Waals surface area contributed by atoms with Crippen LogP contribution >= 0.6 is 0 Å². The van der Waals surface area contributed by atoms with E-state index >= 15 is 0 Å². The smallest absolute Gasteiger partial charge is 0.421 e. The summed E-state index contributed by atoms with van der Waals surface area (Å²) in [5.41, 5.74) is -0.723. The Kier molecular flexibility index (Phi) is 11.0. The van der Waals surface area contributed by atoms with Crippen LogP contribution < -0.4 is 9.64 Å². The molecule has 0 spiro atoms. The first-order valence-corrected chi connectivity index (χ1v) is 17.8. The van der Waals surface area contributed by atoms with Gasteiger partial charge in [0, 0.05) is 31.1 Å². The first kappa shape index (κ1) is 36.5. The highest BCUT2D eigenvalue weighted by atomic mass is 19.4. The Morgan fingerprint density at radius 1 is 0.980 bits per heavy atom. The average molecular weight is 708 g/mol. The maximum absolute atomic E-state index is 14.3. The summed E-state index contributed by atoms with van der Waals surface area (Å²) in [6.45, 7) is 1.86. The molecule has 0 bridgehead atoms. The monoisotopic (exact) mass is 707 g/mol. The van der Waals surface area contributed by atoms with Crippen LogP contribution in [0.2, 0.25) is 0 Å². The van der Waals surface area contributed by atoms with Gasteiger partial charge in [-0.25, -0.2) is 18.6 Å². The molecule has 3 aliphatic carbocycles. The Labute approximate surface area is 289 Å². The number of carbonyl (C=O) groups is 2. The second kappa shape index (κ2) is 15.1. The molecule has 50 heavy (non-hydrogen) atoms. The van der Waals surface area contributed by atoms with E-state index in [4.69, 9.17) is 14.2 Å². The number of hydrogen-bond donors (Lipinski definition) is 0. The van der Waals surface area contributed by atoms with Gasteiger partial charge in [-0.15, -0.1) is 0 Å². The third kappa shape index (κ3) is 8.93. The van der Waals surface area contributed by atoms with Gasteiger partial charge in [-0.05, 0) is 113 Å². The second-order valence-electron chi connectivity index (χ2n) is 14.6. The summed E-state index contributed by atoms with van der Waals surface area (Å²) in [6, 6.07) is 4.92. The van der Waals surface area contributed by atoms with E-state index in [9.17, 15) is 31.5 Å². The molecule has 1 aromatic heterocycles. The molecule has 0 N–H and O–H groups in total. The van der Waals surface area contributed by atoms with E-state index in [0.29, 0.717) is 37.1 Å². The molecule has 4 aliphatic rings. The average Bonchev–Trinajstić information content (AvgIpc) is 3.90. The number of ether oxygens (including phenoxy) is 3. The van der Waals surface area contributed by atoms with Crippen LogP contribution in [0.4, 0.5) is 27.6 Å². The lowest BCUT2D eigenvalue weighted by molar-refractivity contribution is -0.139. The summed E-state index contributed by atoms with van der Waals surface area (Å²) in [5, 5.41) is 0. The van der Waals surface area contributed by atoms with Crippen molar-refractivity contribution in [3.05, 3.63) is 47.2 Å². The number of anilines is 1. The molecule has 0 unspecified atom stereocenters. The summed E-state index contributed by atoms with van der Waals surface area (Å²) in [5.74, 6) is -4.24. The van der Waals surface area contributed by atoms with Crippen LogP contribution in [-0.2, 0) is 27.0 Å². The molecule has 1 saturated heterocycles. The van der Waals surface area contributed by atoms with Crippen molar-refractivity contribution in [1.82, 2.24) is 9.88 Å². The number of carbonyl (C=O) groups excluding carboxylic acids is 2. The van der Waals surface area contributed by atoms with Crippen LogP contribution in [0.25, 0.3) is 0 Å². The Morgan fingerprint density at radius 2 is 1.66 bits per heavy atom. The zero-order valence-electron chi connectivity index (χ0n) is 28.7. The lowest BCUT2D eigenvalue weighted by atomic mass is 9.81. The Morgan fingerprint density at radius 3 is 2.28 bits per heavy atom. The number of benzene rings is 1. The van der Waals surface area contributed by atoms with E-state index < -0.39 is 36.1 Å². The summed E-state index contributed by atoms with van der Waals surface area (Å²) in [7, 11) is 1.20. The fourth-order valence-electron chi connectivity index (χ4n) is 7.59. The predicted molar refractivity (Wildman–Crippen MR) is 175 cm³/mol. The normalized spacial score (nSPS) is 25.9. The molecule has 6 rings (SSSR count). The molecule has 1 aliphatic heterocycles. The first-order chi connectivity index (χ1) is 23.8. The number of methoxy groups -OCH3 is 1. The van der Waals surface area contributed by atoms with Crippen molar-refractivity contribution in [2.75, 3.05) is 25.1 Å². The highest BCUT2D eigenvalue weighted by molar-refractivity contribution is 6.04. The highest BCUT2D eigenvalue weighted by Gasteiger charge is 2.40. The summed E-state index contributed by atoms with van der Waals surface area (Å²) in [4.78, 5) is 34.7. The van der Waals surface area contributed by atoms with E-state index in [0.717, 1.165) is 57.4 Å². The number of amides is 1. The number of hydrogen-bond acceptors (Lipinski definition) is 7. The van der Waals surface area contributed by atoms with E-state index in [-0.39, 0.29) is 60.2 Å². The number of alkyl halides is 5. The lowest BCUT2D eigenvalue weighted by Gasteiger charge is -2.40. The molecule has 13 heteroatoms. The van der Waals surface area contributed by atoms with Crippen molar-refractivity contribution in [3.8, 4) is 11.6 Å². The van der Waals surface area contributed by atoms with Gasteiger partial charge in [0.2, 0.25) is 11.8 Å². The molecule has 8 nitrogen and oxygen atoms in total. The van der Waals surface area contributed by atoms with Crippen LogP contribution in [0.3, 0.4) is 0 Å². The van der Waals surface area contributed by atoms with Crippen LogP contribution in [0.1, 0.15) is 105 Å². The van der Waals surface area contributed by atoms with E-state index in [2.05, 4.69) is 11.9 Å². The number of halogens is 5. The van der Waals surface area contributed by atoms with Gasteiger partial charge in [-0.2, -0.15) is 13.2 Å². The van der Waals surface area contributed by atoms with Gasteiger partial charge in [0.05, 0.1) is 37.1 Å². The van der Waals surface area contributed by atoms with E-state index in [1.54, 1.807) is 4.90 Å². The summed E-state index contributed by atoms with van der Waals surface area (Å²) < 4.78 is 87.6. The van der Waals surface area contributed by atoms with E-state index in [1.807, 2.05) is 0 Å². The number of rotatable bonds is 10. The molecule has 1 aromatic carbocycles. The molecule has 1 amide bonds. The number of nitrogens with zero attached hydrogens (tertiary/aromatic N) is 3. The fourth-order valence-corrected chi connectivity index (χ4v) is 7.59. The van der Waals surface area contributed by atoms with Crippen LogP contribution in [-0.4, -0.2) is 66.1 Å². The quantitative estimate of drug-likeness (QED) is 0.181. The molecular formula is C37H46F5N3O5. The molecule has 274 valence electrons. The van der Waals surface area contributed by atoms with Gasteiger partial charge in [0.25, 0.3) is 5.92 Å². The van der Waals surface area contributed by atoms with Crippen molar-refractivity contribution in [3.63, 3.8) is 0 Å². The summed E-state index contributed by atoms with van der Waals surface area (Å²) >= 11 is 0. The van der Waals surface area contributed by atoms with Gasteiger partial charge >= 0.3 is 12.1 Å². The third-order valence-electron chi connectivity index (χ3n) is 10.5. The highest BCUT2D eigenvalue weighted by Crippen LogP contribution is 2.41. The number of piperidine rings is 1. The molecule has 0 atom stereocenters. The largest absolute Gasteiger partial charge is 0.465 e. The second-order valence-corrected chi connectivity index (χ2v) is 14.6. The topological polar surface area (TPSA) is 81.2 Å². The number of likely N-dealkylation sites (tertiary alicyclic amines) is 1. The lowest BCUT2D eigenvalue weighted by Crippen LogP contribution is -2.47. The van der Waals surface area contributed by atoms with Crippen molar-refractivity contribution in [2.45, 2.75) is 121 Å². The minimum Gasteiger partial charge on any atom is -0.465 e. The number of aromatic nitrogens is 1. The fraction of sp³-hybridized carbons (Fsp3) is 0.649. The van der Waals surface area contributed by atoms with Crippen LogP contribution in [0.15, 0.2) is 30.5 Å². The molecule has 0 radical (unpaired) electrons. The predicted octanol–water partition coefficient (Wildman–Crippen LogP) is 8.56.